The molecule has 0 atom stereocenters. The van der Waals surface area contributed by atoms with Gasteiger partial charge in [0.15, 0.2) is 5.58 Å². The minimum Gasteiger partial charge on any atom is -0.545 e. The number of halogens is 2. The molecule has 1 aliphatic heterocycles. The van der Waals surface area contributed by atoms with Crippen LogP contribution in [0.2, 0.25) is 10.0 Å². The normalized spacial score (nSPS) is 12.4. The number of hydrogen-bond donors (Lipinski definition) is 3. The molecule has 0 unspecified atom stereocenters. The second-order valence-corrected chi connectivity index (χ2v) is 13.4. The molecule has 9 nitrogen and oxygen atoms in total. The Labute approximate surface area is 333 Å². The Morgan fingerprint density at radius 3 is 2.35 bits per heavy atom. The van der Waals surface area contributed by atoms with Crippen molar-refractivity contribution in [3.63, 3.8) is 0 Å². The summed E-state index contributed by atoms with van der Waals surface area (Å²) >= 11 is 12.2. The number of carboxylic acid groups (broad SMARTS) is 1. The number of rotatable bonds is 7. The number of nitrogens with one attached hydrogen (secondary N) is 1. The van der Waals surface area contributed by atoms with Gasteiger partial charge >= 0.3 is 35.2 Å². The number of fused-ring (bicyclic) bond motifs is 3. The number of methoxy groups -OCH3 is 1. The third-order valence-electron chi connectivity index (χ3n) is 8.15. The van der Waals surface area contributed by atoms with Crippen LogP contribution in [0.25, 0.3) is 28.2 Å². The Hall–Kier alpha value is -4.38. The number of carbonyl (C=O) groups is 1. The molecule has 0 bridgehead atoms. The van der Waals surface area contributed by atoms with Crippen molar-refractivity contribution in [2.24, 2.45) is 0 Å². The van der Waals surface area contributed by atoms with Gasteiger partial charge in [-0.1, -0.05) is 71.2 Å². The first-order valence-corrected chi connectivity index (χ1v) is 16.6. The van der Waals surface area contributed by atoms with Gasteiger partial charge in [-0.05, 0) is 88.6 Å². The van der Waals surface area contributed by atoms with E-state index in [4.69, 9.17) is 37.1 Å². The van der Waals surface area contributed by atoms with E-state index in [2.05, 4.69) is 11.4 Å². The Bertz CT molecular complexity index is 2270. The van der Waals surface area contributed by atoms with E-state index in [9.17, 15) is 24.9 Å². The molecule has 52 heavy (non-hydrogen) atoms. The van der Waals surface area contributed by atoms with Gasteiger partial charge in [0.2, 0.25) is 0 Å². The van der Waals surface area contributed by atoms with Gasteiger partial charge in [-0.2, -0.15) is 0 Å². The Kier molecular flexibility index (Phi) is 12.8. The predicted molar refractivity (Wildman–Crippen MR) is 200 cm³/mol. The number of aromatic carboxylic acids is 1. The Morgan fingerprint density at radius 1 is 1.04 bits per heavy atom. The van der Waals surface area contributed by atoms with Gasteiger partial charge in [0.25, 0.3) is 0 Å². The smallest absolute Gasteiger partial charge is 0.545 e. The Balaban J connectivity index is 0.000000259. The monoisotopic (exact) mass is 751 g/mol. The van der Waals surface area contributed by atoms with Crippen LogP contribution in [0.1, 0.15) is 54.7 Å². The van der Waals surface area contributed by atoms with Crippen LogP contribution < -0.4 is 55.1 Å². The van der Waals surface area contributed by atoms with E-state index in [-0.39, 0.29) is 57.8 Å². The first-order chi connectivity index (χ1) is 24.1. The van der Waals surface area contributed by atoms with Crippen molar-refractivity contribution in [3.8, 4) is 34.1 Å². The van der Waals surface area contributed by atoms with Gasteiger partial charge in [-0.3, -0.25) is 0 Å². The summed E-state index contributed by atoms with van der Waals surface area (Å²) in [6.07, 6.45) is 6.31. The van der Waals surface area contributed by atoms with E-state index < -0.39 is 17.2 Å². The van der Waals surface area contributed by atoms with Crippen molar-refractivity contribution in [1.82, 2.24) is 0 Å². The third-order valence-corrected chi connectivity index (χ3v) is 8.95. The zero-order chi connectivity index (χ0) is 37.2. The number of ether oxygens (including phenoxy) is 2. The van der Waals surface area contributed by atoms with E-state index in [1.54, 1.807) is 42.5 Å². The van der Waals surface area contributed by atoms with E-state index in [1.165, 1.54) is 25.3 Å². The fourth-order valence-corrected chi connectivity index (χ4v) is 6.03. The zero-order valence-electron chi connectivity index (χ0n) is 29.8. The molecule has 3 N–H and O–H groups in total. The minimum atomic E-state index is -1.26. The number of para-hydroxylation sites is 1. The average molecular weight is 753 g/mol. The van der Waals surface area contributed by atoms with Crippen LogP contribution in [0.4, 0.5) is 11.4 Å². The van der Waals surface area contributed by atoms with Crippen LogP contribution >= 0.6 is 23.2 Å². The Morgan fingerprint density at radius 2 is 1.71 bits per heavy atom. The number of phenols is 1. The molecule has 0 saturated heterocycles. The number of benzene rings is 4. The molecule has 0 saturated carbocycles. The number of aryl methyl sites for hydroxylation is 1. The van der Waals surface area contributed by atoms with Crippen LogP contribution in [-0.4, -0.2) is 28.9 Å². The number of allylic oxidation sites excluding steroid dienone is 2. The van der Waals surface area contributed by atoms with Crippen LogP contribution in [0, 0.1) is 6.92 Å². The topological polar surface area (TPSA) is 141 Å². The number of carbonyl (C=O) groups excluding carboxylic acids is 1. The van der Waals surface area contributed by atoms with E-state index in [1.807, 2.05) is 46.8 Å². The molecular formula is C40H36Cl2NNaO8. The van der Waals surface area contributed by atoms with E-state index in [0.29, 0.717) is 55.9 Å². The molecule has 12 heteroatoms. The summed E-state index contributed by atoms with van der Waals surface area (Å²) in [7, 11) is 1.52. The van der Waals surface area contributed by atoms with Crippen molar-refractivity contribution in [3.05, 3.63) is 121 Å². The minimum absolute atomic E-state index is 0. The first-order valence-electron chi connectivity index (χ1n) is 15.9. The second-order valence-electron chi connectivity index (χ2n) is 12.7. The fourth-order valence-electron chi connectivity index (χ4n) is 5.57. The molecule has 4 aromatic carbocycles. The number of hydrogen-bond acceptors (Lipinski definition) is 9. The molecule has 1 aromatic heterocycles. The molecule has 5 aromatic rings. The summed E-state index contributed by atoms with van der Waals surface area (Å²) in [6, 6.07) is 15.9. The maximum Gasteiger partial charge on any atom is 1.00 e. The summed E-state index contributed by atoms with van der Waals surface area (Å²) < 4.78 is 17.8. The SMILES string of the molecule is COc1c(CC=C(C)C)c2c(c3oc(=O)c(-c4ccc(O)cc4)c(O)c13)C=CC(C)(C)O2.Cc1ccc(Cl)c(Nc2ccccc2C(=O)[O-])c1Cl.[Na+]. The molecule has 0 aliphatic carbocycles. The fraction of sp³-hybridized carbons (Fsp3) is 0.200. The van der Waals surface area contributed by atoms with Crippen molar-refractivity contribution in [2.45, 2.75) is 46.6 Å². The number of carboxylic acids is 1. The van der Waals surface area contributed by atoms with Crippen molar-refractivity contribution < 1.29 is 63.6 Å². The van der Waals surface area contributed by atoms with Gasteiger partial charge in [0.1, 0.15) is 39.5 Å². The number of phenolic OH excluding ortho intramolecular Hbond substituents is 1. The van der Waals surface area contributed by atoms with E-state index >= 15 is 0 Å². The number of anilines is 2. The van der Waals surface area contributed by atoms with E-state index in [0.717, 1.165) is 16.7 Å². The molecule has 2 heterocycles. The van der Waals surface area contributed by atoms with Crippen LogP contribution in [0.3, 0.4) is 0 Å². The van der Waals surface area contributed by atoms with Gasteiger partial charge in [0.05, 0.1) is 34.4 Å². The maximum absolute atomic E-state index is 12.9. The first kappa shape index (κ1) is 40.4. The zero-order valence-corrected chi connectivity index (χ0v) is 33.3. The molecule has 1 aliphatic rings. The second kappa shape index (κ2) is 16.5. The van der Waals surface area contributed by atoms with Crippen LogP contribution in [0.5, 0.6) is 23.0 Å². The van der Waals surface area contributed by atoms with Gasteiger partial charge in [-0.25, -0.2) is 4.79 Å². The average Bonchev–Trinajstić information content (AvgIpc) is 3.08. The van der Waals surface area contributed by atoms with Crippen molar-refractivity contribution >= 4 is 57.6 Å². The third kappa shape index (κ3) is 8.46. The van der Waals surface area contributed by atoms with Gasteiger partial charge in [-0.15, -0.1) is 0 Å². The predicted octanol–water partition coefficient (Wildman–Crippen LogP) is 5.99. The van der Waals surface area contributed by atoms with Gasteiger partial charge < -0.3 is 39.3 Å². The van der Waals surface area contributed by atoms with Crippen LogP contribution in [0.15, 0.2) is 87.6 Å². The van der Waals surface area contributed by atoms with Crippen molar-refractivity contribution in [2.75, 3.05) is 12.4 Å². The van der Waals surface area contributed by atoms with Crippen LogP contribution in [-0.2, 0) is 6.42 Å². The maximum atomic E-state index is 12.9. The largest absolute Gasteiger partial charge is 1.00 e. The summed E-state index contributed by atoms with van der Waals surface area (Å²) in [5.74, 6) is -0.483. The summed E-state index contributed by atoms with van der Waals surface area (Å²) in [5, 5.41) is 36.1. The summed E-state index contributed by atoms with van der Waals surface area (Å²) in [4.78, 5) is 24.0. The number of aromatic hydroxyl groups is 2. The molecule has 0 fully saturated rings. The van der Waals surface area contributed by atoms with Gasteiger partial charge in [0, 0.05) is 16.8 Å². The molecule has 0 radical (unpaired) electrons. The quantitative estimate of drug-likeness (QED) is 0.104. The molecule has 0 amide bonds. The molecule has 0 spiro atoms. The molecule has 264 valence electrons. The standard InChI is InChI=1S/C26H26O6.C14H11Cl2NO2.Na/c1-14(2)6-11-17-22-18(12-13-26(3,4)32-22)24-20(23(17)30-5)21(28)19(25(29)31-24)15-7-9-16(27)10-8-15;1-8-6-7-10(15)13(12(8)16)17-11-5-3-2-4-9(11)14(18)19;/h6-10,12-13,27-28H,11H2,1-5H3;2-7,17H,1H3,(H,18,19);/q;;+1/p-1. The molecular weight excluding hydrogens is 716 g/mol. The molecule has 6 rings (SSSR count). The summed E-state index contributed by atoms with van der Waals surface area (Å²) in [6.45, 7) is 9.73. The summed E-state index contributed by atoms with van der Waals surface area (Å²) in [5.41, 5.74) is 3.62. The van der Waals surface area contributed by atoms with Crippen molar-refractivity contribution in [1.29, 1.82) is 0 Å².